The van der Waals surface area contributed by atoms with Crippen LogP contribution in [-0.2, 0) is 14.3 Å². The first-order valence-corrected chi connectivity index (χ1v) is 5.36. The third-order valence-electron chi connectivity index (χ3n) is 1.94. The summed E-state index contributed by atoms with van der Waals surface area (Å²) in [6, 6.07) is 0. The van der Waals surface area contributed by atoms with Gasteiger partial charge in [-0.1, -0.05) is 27.7 Å². The minimum absolute atomic E-state index is 0. The molecule has 0 aromatic rings. The Hall–Kier alpha value is 0.135. The molecule has 96 valence electrons. The molecule has 0 amide bonds. The maximum atomic E-state index is 10.5. The van der Waals surface area contributed by atoms with Gasteiger partial charge in [-0.2, -0.15) is 6.42 Å². The average molecular weight is 244 g/mol. The van der Waals surface area contributed by atoms with Crippen molar-refractivity contribution in [3.8, 4) is 0 Å². The normalized spacial score (nSPS) is 9.28. The third kappa shape index (κ3) is 14.2. The largest absolute Gasteiger partial charge is 1.00 e. The zero-order valence-corrected chi connectivity index (χ0v) is 12.8. The Balaban J connectivity index is -0.0000000980. The molecule has 0 aliphatic carbocycles. The van der Waals surface area contributed by atoms with E-state index < -0.39 is 11.4 Å². The van der Waals surface area contributed by atoms with Gasteiger partial charge >= 0.3 is 43.7 Å². The van der Waals surface area contributed by atoms with Gasteiger partial charge in [-0.15, -0.1) is 0 Å². The second-order valence-electron chi connectivity index (χ2n) is 4.33. The number of esters is 1. The summed E-state index contributed by atoms with van der Waals surface area (Å²) >= 11 is 0. The van der Waals surface area contributed by atoms with Crippen molar-refractivity contribution in [3.05, 3.63) is 6.92 Å². The summed E-state index contributed by atoms with van der Waals surface area (Å²) in [7, 11) is 0. The predicted molar refractivity (Wildman–Crippen MR) is 60.2 cm³/mol. The number of rotatable bonds is 4. The van der Waals surface area contributed by atoms with Gasteiger partial charge in [0.05, 0.1) is 12.5 Å². The molecule has 0 N–H and O–H groups in total. The number of ether oxygens (including phenoxy) is 1. The standard InChI is InChI=1S/C6H11O2.C6H12O2.2Li/c1-4-6(2,3)5(7)8;1-4-8-6(7)5(2)3;;/h1,4H2,2-3H3,(H,7,8);5H,4H2,1-3H3;;/q-1;;2*+1/p-1. The molecule has 0 saturated carbocycles. The first-order valence-electron chi connectivity index (χ1n) is 5.36. The molecule has 0 aromatic heterocycles. The van der Waals surface area contributed by atoms with Gasteiger partial charge < -0.3 is 21.6 Å². The molecule has 0 aliphatic heterocycles. The van der Waals surface area contributed by atoms with Crippen molar-refractivity contribution in [2.24, 2.45) is 11.3 Å². The zero-order chi connectivity index (χ0) is 13.4. The van der Waals surface area contributed by atoms with Crippen molar-refractivity contribution in [1.82, 2.24) is 0 Å². The summed E-state index contributed by atoms with van der Waals surface area (Å²) < 4.78 is 4.66. The molecule has 0 spiro atoms. The average Bonchev–Trinajstić information content (AvgIpc) is 2.18. The second kappa shape index (κ2) is 13.6. The maximum Gasteiger partial charge on any atom is 1.00 e. The molecule has 0 fully saturated rings. The zero-order valence-electron chi connectivity index (χ0n) is 12.8. The summed E-state index contributed by atoms with van der Waals surface area (Å²) in [5.41, 5.74) is -0.764. The second-order valence-corrected chi connectivity index (χ2v) is 4.33. The molecule has 0 atom stereocenters. The summed E-state index contributed by atoms with van der Waals surface area (Å²) in [5.74, 6) is -1.14. The van der Waals surface area contributed by atoms with Gasteiger partial charge in [0.1, 0.15) is 0 Å². The molecular weight excluding hydrogens is 222 g/mol. The van der Waals surface area contributed by atoms with Crippen molar-refractivity contribution in [1.29, 1.82) is 0 Å². The van der Waals surface area contributed by atoms with Crippen LogP contribution in [-0.4, -0.2) is 18.5 Å². The topological polar surface area (TPSA) is 66.4 Å². The van der Waals surface area contributed by atoms with E-state index in [2.05, 4.69) is 11.7 Å². The number of hydrogen-bond acceptors (Lipinski definition) is 4. The third-order valence-corrected chi connectivity index (χ3v) is 1.94. The van der Waals surface area contributed by atoms with Gasteiger partial charge in [0.15, 0.2) is 0 Å². The fraction of sp³-hybridized carbons (Fsp3) is 0.750. The van der Waals surface area contributed by atoms with Crippen LogP contribution in [0.2, 0.25) is 0 Å². The van der Waals surface area contributed by atoms with Crippen LogP contribution < -0.4 is 42.8 Å². The number of carbonyl (C=O) groups is 2. The van der Waals surface area contributed by atoms with Gasteiger partial charge in [0.25, 0.3) is 0 Å². The van der Waals surface area contributed by atoms with E-state index in [-0.39, 0.29) is 49.6 Å². The van der Waals surface area contributed by atoms with E-state index in [1.165, 1.54) is 0 Å². The molecule has 0 unspecified atom stereocenters. The molecule has 0 rings (SSSR count). The number of carboxylic acid groups (broad SMARTS) is 1. The predicted octanol–water partition coefficient (Wildman–Crippen LogP) is -4.80. The SMILES string of the molecule is CCOC(=O)C(C)C.[CH2-]CC(C)(C)C(=O)[O-].[Li+].[Li+]. The summed E-state index contributed by atoms with van der Waals surface area (Å²) in [5, 5.41) is 10.1. The van der Waals surface area contributed by atoms with Crippen molar-refractivity contribution in [2.45, 2.75) is 41.0 Å². The van der Waals surface area contributed by atoms with E-state index in [4.69, 9.17) is 0 Å². The Kier molecular flexibility index (Phi) is 20.1. The van der Waals surface area contributed by atoms with E-state index in [1.54, 1.807) is 20.8 Å². The molecule has 6 heteroatoms. The number of aliphatic carboxylic acids is 1. The Labute approximate surface area is 135 Å². The van der Waals surface area contributed by atoms with Crippen molar-refractivity contribution >= 4 is 11.9 Å². The van der Waals surface area contributed by atoms with E-state index in [0.717, 1.165) is 0 Å². The van der Waals surface area contributed by atoms with E-state index >= 15 is 0 Å². The van der Waals surface area contributed by atoms with Crippen LogP contribution in [0, 0.1) is 18.3 Å². The molecule has 0 aliphatic rings. The first-order chi connectivity index (χ1) is 7.18. The van der Waals surface area contributed by atoms with Crippen LogP contribution in [0.15, 0.2) is 0 Å². The van der Waals surface area contributed by atoms with Gasteiger partial charge in [-0.3, -0.25) is 4.79 Å². The van der Waals surface area contributed by atoms with Crippen LogP contribution >= 0.6 is 0 Å². The Morgan fingerprint density at radius 1 is 1.28 bits per heavy atom. The molecule has 0 saturated heterocycles. The van der Waals surface area contributed by atoms with Gasteiger partial charge in [0, 0.05) is 5.97 Å². The fourth-order valence-corrected chi connectivity index (χ4v) is 0.411. The van der Waals surface area contributed by atoms with Crippen LogP contribution in [0.25, 0.3) is 0 Å². The van der Waals surface area contributed by atoms with Crippen molar-refractivity contribution in [2.75, 3.05) is 6.61 Å². The van der Waals surface area contributed by atoms with E-state index in [9.17, 15) is 14.7 Å². The molecule has 0 radical (unpaired) electrons. The number of hydrogen-bond donors (Lipinski definition) is 0. The molecule has 4 nitrogen and oxygen atoms in total. The van der Waals surface area contributed by atoms with Crippen LogP contribution in [0.1, 0.15) is 41.0 Å². The summed E-state index contributed by atoms with van der Waals surface area (Å²) in [4.78, 5) is 20.6. The van der Waals surface area contributed by atoms with Gasteiger partial charge in [0.2, 0.25) is 0 Å². The molecule has 0 bridgehead atoms. The van der Waals surface area contributed by atoms with Crippen molar-refractivity contribution < 1.29 is 57.2 Å². The Bertz CT molecular complexity index is 226. The molecule has 0 aromatic carbocycles. The monoisotopic (exact) mass is 244 g/mol. The van der Waals surface area contributed by atoms with Gasteiger partial charge in [-0.05, 0) is 12.3 Å². The van der Waals surface area contributed by atoms with Gasteiger partial charge in [-0.25, -0.2) is 0 Å². The number of carbonyl (C=O) groups excluding carboxylic acids is 2. The summed E-state index contributed by atoms with van der Waals surface area (Å²) in [6.45, 7) is 12.6. The molecule has 0 heterocycles. The minimum Gasteiger partial charge on any atom is -0.550 e. The fourth-order valence-electron chi connectivity index (χ4n) is 0.411. The van der Waals surface area contributed by atoms with E-state index in [0.29, 0.717) is 13.0 Å². The van der Waals surface area contributed by atoms with Crippen molar-refractivity contribution in [3.63, 3.8) is 0 Å². The molecular formula is C12H22Li2O4. The Morgan fingerprint density at radius 3 is 1.72 bits per heavy atom. The first kappa shape index (κ1) is 26.6. The van der Waals surface area contributed by atoms with Crippen LogP contribution in [0.5, 0.6) is 0 Å². The number of carboxylic acids is 1. The Morgan fingerprint density at radius 2 is 1.67 bits per heavy atom. The minimum atomic E-state index is -1.03. The van der Waals surface area contributed by atoms with Crippen LogP contribution in [0.4, 0.5) is 0 Å². The molecule has 18 heavy (non-hydrogen) atoms. The quantitative estimate of drug-likeness (QED) is 0.283. The smallest absolute Gasteiger partial charge is 0.550 e. The van der Waals surface area contributed by atoms with E-state index in [1.807, 2.05) is 13.8 Å². The van der Waals surface area contributed by atoms with Crippen LogP contribution in [0.3, 0.4) is 0 Å². The summed E-state index contributed by atoms with van der Waals surface area (Å²) in [6.07, 6.45) is 0.370. The maximum absolute atomic E-state index is 10.5.